The average molecular weight is 447 g/mol. The second-order valence-corrected chi connectivity index (χ2v) is 11.3. The second-order valence-electron chi connectivity index (χ2n) is 8.20. The summed E-state index contributed by atoms with van der Waals surface area (Å²) < 4.78 is 5.51. The summed E-state index contributed by atoms with van der Waals surface area (Å²) in [5.74, 6) is 6.80. The van der Waals surface area contributed by atoms with E-state index in [0.717, 1.165) is 58.3 Å². The molecule has 1 fully saturated rings. The summed E-state index contributed by atoms with van der Waals surface area (Å²) in [6, 6.07) is 8.74. The molecule has 1 aromatic carbocycles. The van der Waals surface area contributed by atoms with Gasteiger partial charge in [-0.05, 0) is 19.1 Å². The molecular formula is C22H32N5OS2+. The Bertz CT molecular complexity index is 955. The van der Waals surface area contributed by atoms with Gasteiger partial charge in [0.05, 0.1) is 41.5 Å². The van der Waals surface area contributed by atoms with Crippen LogP contribution in [0.3, 0.4) is 0 Å². The Hall–Kier alpha value is -1.74. The number of nitrogens with two attached hydrogens (primary N) is 1. The maximum Gasteiger partial charge on any atom is 0.158 e. The van der Waals surface area contributed by atoms with Gasteiger partial charge in [0.2, 0.25) is 0 Å². The summed E-state index contributed by atoms with van der Waals surface area (Å²) in [6.45, 7) is 9.47. The number of quaternary nitrogens is 1. The molecule has 1 aromatic heterocycles. The van der Waals surface area contributed by atoms with Gasteiger partial charge in [0.1, 0.15) is 16.7 Å². The highest BCUT2D eigenvalue weighted by molar-refractivity contribution is 8.14. The Morgan fingerprint density at radius 3 is 2.93 bits per heavy atom. The highest BCUT2D eigenvalue weighted by Gasteiger charge is 2.31. The number of anilines is 2. The first-order valence-electron chi connectivity index (χ1n) is 10.5. The van der Waals surface area contributed by atoms with Crippen LogP contribution in [-0.2, 0) is 4.74 Å². The zero-order valence-electron chi connectivity index (χ0n) is 18.2. The SMILES string of the molecule is C=S(CC1CN(C2=Nc3ccccc3Nc3sc(C(C)C)nc32)CC[NH2+]1)[C@@H](C)OC. The van der Waals surface area contributed by atoms with Gasteiger partial charge < -0.3 is 20.3 Å². The predicted octanol–water partition coefficient (Wildman–Crippen LogP) is 3.34. The predicted molar refractivity (Wildman–Crippen MR) is 130 cm³/mol. The van der Waals surface area contributed by atoms with Crippen LogP contribution in [0, 0.1) is 0 Å². The summed E-state index contributed by atoms with van der Waals surface area (Å²) >= 11 is 1.74. The number of rotatable bonds is 5. The van der Waals surface area contributed by atoms with Crippen LogP contribution >= 0.6 is 21.8 Å². The summed E-state index contributed by atoms with van der Waals surface area (Å²) in [6.07, 6.45) is 0. The van der Waals surface area contributed by atoms with Crippen molar-refractivity contribution in [1.82, 2.24) is 9.88 Å². The highest BCUT2D eigenvalue weighted by atomic mass is 32.2. The Labute approximate surface area is 185 Å². The maximum atomic E-state index is 5.51. The number of ether oxygens (including phenoxy) is 1. The number of benzene rings is 1. The van der Waals surface area contributed by atoms with Crippen LogP contribution in [-0.4, -0.2) is 65.6 Å². The lowest BCUT2D eigenvalue weighted by atomic mass is 10.2. The number of aromatic nitrogens is 1. The smallest absolute Gasteiger partial charge is 0.158 e. The van der Waals surface area contributed by atoms with Crippen molar-refractivity contribution in [3.05, 3.63) is 35.0 Å². The minimum absolute atomic E-state index is 0.0150. The average Bonchev–Trinajstić information content (AvgIpc) is 3.09. The molecule has 2 aromatic rings. The number of hydrogen-bond donors (Lipinski definition) is 2. The standard InChI is InChI=1S/C22H31N5OS2/c1-14(2)21-26-19-20(24-17-8-6-7-9-18(17)25-22(19)29-21)27-11-10-23-16(12-27)13-30(5)15(3)28-4/h6-9,14-16,23,25H,5,10-13H2,1-4H3/p+1/t15-,16?,30?/m0/s1. The molecule has 0 amide bonds. The van der Waals surface area contributed by atoms with Gasteiger partial charge in [0.25, 0.3) is 0 Å². The van der Waals surface area contributed by atoms with E-state index in [4.69, 9.17) is 14.7 Å². The van der Waals surface area contributed by atoms with Crippen molar-refractivity contribution >= 4 is 49.9 Å². The first kappa shape index (κ1) is 21.5. The largest absolute Gasteiger partial charge is 0.372 e. The molecule has 3 atom stereocenters. The highest BCUT2D eigenvalue weighted by Crippen LogP contribution is 2.39. The van der Waals surface area contributed by atoms with E-state index in [1.165, 1.54) is 0 Å². The van der Waals surface area contributed by atoms with Crippen LogP contribution in [0.5, 0.6) is 0 Å². The number of methoxy groups -OCH3 is 1. The molecule has 0 saturated carbocycles. The molecule has 6 nitrogen and oxygen atoms in total. The van der Waals surface area contributed by atoms with Crippen LogP contribution in [0.4, 0.5) is 16.4 Å². The van der Waals surface area contributed by atoms with E-state index < -0.39 is 0 Å². The van der Waals surface area contributed by atoms with Crippen LogP contribution in [0.1, 0.15) is 37.4 Å². The quantitative estimate of drug-likeness (QED) is 0.692. The van der Waals surface area contributed by atoms with E-state index in [1.54, 1.807) is 18.4 Å². The molecular weight excluding hydrogens is 414 g/mol. The molecule has 2 aliphatic heterocycles. The minimum atomic E-state index is -0.0150. The lowest BCUT2D eigenvalue weighted by molar-refractivity contribution is -0.692. The molecule has 0 bridgehead atoms. The van der Waals surface area contributed by atoms with Gasteiger partial charge in [-0.25, -0.2) is 9.98 Å². The molecule has 4 rings (SSSR count). The first-order chi connectivity index (χ1) is 14.5. The Morgan fingerprint density at radius 1 is 1.37 bits per heavy atom. The summed E-state index contributed by atoms with van der Waals surface area (Å²) in [4.78, 5) is 12.6. The number of amidine groups is 1. The Kier molecular flexibility index (Phi) is 6.57. The van der Waals surface area contributed by atoms with Gasteiger partial charge >= 0.3 is 0 Å². The van der Waals surface area contributed by atoms with E-state index in [9.17, 15) is 0 Å². The van der Waals surface area contributed by atoms with Gasteiger partial charge in [-0.15, -0.1) is 11.3 Å². The van der Waals surface area contributed by atoms with Crippen LogP contribution < -0.4 is 10.6 Å². The number of aliphatic imine (C=N–C) groups is 1. The van der Waals surface area contributed by atoms with Gasteiger partial charge in [-0.2, -0.15) is 10.5 Å². The third-order valence-electron chi connectivity index (χ3n) is 5.61. The van der Waals surface area contributed by atoms with Crippen molar-refractivity contribution in [3.8, 4) is 0 Å². The molecule has 162 valence electrons. The van der Waals surface area contributed by atoms with Gasteiger partial charge in [0, 0.05) is 18.8 Å². The van der Waals surface area contributed by atoms with Crippen molar-refractivity contribution in [2.75, 3.05) is 37.8 Å². The third kappa shape index (κ3) is 4.46. The molecule has 30 heavy (non-hydrogen) atoms. The van der Waals surface area contributed by atoms with E-state index >= 15 is 0 Å². The maximum absolute atomic E-state index is 5.51. The van der Waals surface area contributed by atoms with Crippen molar-refractivity contribution in [2.24, 2.45) is 4.99 Å². The number of piperazine rings is 1. The zero-order chi connectivity index (χ0) is 21.3. The molecule has 3 heterocycles. The monoisotopic (exact) mass is 446 g/mol. The number of para-hydroxylation sites is 2. The second kappa shape index (κ2) is 9.18. The summed E-state index contributed by atoms with van der Waals surface area (Å²) in [5, 5.41) is 8.29. The van der Waals surface area contributed by atoms with Gasteiger partial charge in [-0.1, -0.05) is 31.9 Å². The van der Waals surface area contributed by atoms with Gasteiger partial charge in [0.15, 0.2) is 5.84 Å². The molecule has 1 saturated heterocycles. The number of nitrogens with one attached hydrogen (secondary N) is 1. The van der Waals surface area contributed by atoms with Crippen LogP contribution in [0.2, 0.25) is 0 Å². The number of fused-ring (bicyclic) bond motifs is 2. The molecule has 2 aliphatic rings. The van der Waals surface area contributed by atoms with E-state index in [2.05, 4.69) is 60.4 Å². The normalized spacial score (nSPS) is 20.6. The molecule has 0 spiro atoms. The molecule has 0 radical (unpaired) electrons. The molecule has 8 heteroatoms. The lowest BCUT2D eigenvalue weighted by Gasteiger charge is -2.33. The van der Waals surface area contributed by atoms with Crippen molar-refractivity contribution in [2.45, 2.75) is 38.2 Å². The van der Waals surface area contributed by atoms with Crippen LogP contribution in [0.15, 0.2) is 29.3 Å². The van der Waals surface area contributed by atoms with E-state index in [-0.39, 0.29) is 15.9 Å². The minimum Gasteiger partial charge on any atom is -0.372 e. The fraction of sp³-hybridized carbons (Fsp3) is 0.500. The fourth-order valence-corrected chi connectivity index (χ4v) is 6.09. The summed E-state index contributed by atoms with van der Waals surface area (Å²) in [7, 11) is 1.76. The molecule has 2 unspecified atom stereocenters. The summed E-state index contributed by atoms with van der Waals surface area (Å²) in [5.41, 5.74) is 3.19. The van der Waals surface area contributed by atoms with E-state index in [0.29, 0.717) is 12.0 Å². The topological polar surface area (TPSA) is 66.4 Å². The van der Waals surface area contributed by atoms with E-state index in [1.807, 2.05) is 6.07 Å². The Balaban J connectivity index is 1.66. The number of hydrogen-bond acceptors (Lipinski definition) is 6. The van der Waals surface area contributed by atoms with Crippen molar-refractivity contribution in [3.63, 3.8) is 0 Å². The molecule has 3 N–H and O–H groups in total. The lowest BCUT2D eigenvalue weighted by Crippen LogP contribution is -2.96. The van der Waals surface area contributed by atoms with Crippen molar-refractivity contribution in [1.29, 1.82) is 0 Å². The first-order valence-corrected chi connectivity index (χ1v) is 13.0. The molecule has 0 aliphatic carbocycles. The van der Waals surface area contributed by atoms with Crippen LogP contribution in [0.25, 0.3) is 0 Å². The van der Waals surface area contributed by atoms with Crippen molar-refractivity contribution < 1.29 is 10.1 Å². The zero-order valence-corrected chi connectivity index (χ0v) is 19.9. The third-order valence-corrected chi connectivity index (χ3v) is 8.87. The fourth-order valence-electron chi connectivity index (χ4n) is 3.78. The number of thiazole rings is 1. The number of nitrogens with zero attached hydrogens (tertiary/aromatic N) is 3. The van der Waals surface area contributed by atoms with Gasteiger partial charge in [-0.3, -0.25) is 0 Å². The Morgan fingerprint density at radius 2 is 2.17 bits per heavy atom.